The van der Waals surface area contributed by atoms with E-state index in [-0.39, 0.29) is 24.5 Å². The van der Waals surface area contributed by atoms with Gasteiger partial charge in [-0.2, -0.15) is 4.72 Å². The second-order valence-corrected chi connectivity index (χ2v) is 6.72. The Morgan fingerprint density at radius 3 is 2.75 bits per heavy atom. The summed E-state index contributed by atoms with van der Waals surface area (Å²) in [4.78, 5) is 11.3. The number of carboxylic acid groups (broad SMARTS) is 1. The molecule has 0 bridgehead atoms. The van der Waals surface area contributed by atoms with Crippen molar-refractivity contribution in [3.8, 4) is 0 Å². The molecule has 8 heteroatoms. The summed E-state index contributed by atoms with van der Waals surface area (Å²) in [6.07, 6.45) is 0.0845. The van der Waals surface area contributed by atoms with Gasteiger partial charge in [0.05, 0.1) is 11.5 Å². The van der Waals surface area contributed by atoms with Crippen molar-refractivity contribution in [2.75, 3.05) is 13.2 Å². The fraction of sp³-hybridized carbons (Fsp3) is 0.417. The van der Waals surface area contributed by atoms with Crippen LogP contribution < -0.4 is 4.72 Å². The van der Waals surface area contributed by atoms with E-state index < -0.39 is 21.5 Å². The predicted octanol–water partition coefficient (Wildman–Crippen LogP) is 1.17. The first-order valence-electron chi connectivity index (χ1n) is 5.89. The van der Waals surface area contributed by atoms with Crippen LogP contribution in [-0.4, -0.2) is 38.2 Å². The van der Waals surface area contributed by atoms with Crippen molar-refractivity contribution in [2.24, 2.45) is 0 Å². The van der Waals surface area contributed by atoms with E-state index in [4.69, 9.17) is 16.3 Å². The van der Waals surface area contributed by atoms with Crippen LogP contribution >= 0.6 is 11.6 Å². The van der Waals surface area contributed by atoms with Crippen molar-refractivity contribution in [1.82, 2.24) is 4.72 Å². The molecule has 1 saturated heterocycles. The Morgan fingerprint density at radius 2 is 2.20 bits per heavy atom. The molecular weight excluding hydrogens is 306 g/mol. The van der Waals surface area contributed by atoms with Gasteiger partial charge in [0.2, 0.25) is 10.0 Å². The summed E-state index contributed by atoms with van der Waals surface area (Å²) < 4.78 is 32.0. The van der Waals surface area contributed by atoms with E-state index in [9.17, 15) is 18.3 Å². The molecule has 1 atom stereocenters. The Kier molecular flexibility index (Phi) is 4.06. The molecule has 6 nitrogen and oxygen atoms in total. The van der Waals surface area contributed by atoms with Crippen LogP contribution in [-0.2, 0) is 19.6 Å². The van der Waals surface area contributed by atoms with Crippen LogP contribution in [0, 0.1) is 6.92 Å². The van der Waals surface area contributed by atoms with E-state index >= 15 is 0 Å². The molecule has 0 aliphatic carbocycles. The minimum atomic E-state index is -4.00. The maximum absolute atomic E-state index is 12.4. The molecule has 0 saturated carbocycles. The van der Waals surface area contributed by atoms with Gasteiger partial charge in [0.25, 0.3) is 0 Å². The van der Waals surface area contributed by atoms with Crippen LogP contribution in [0.3, 0.4) is 0 Å². The van der Waals surface area contributed by atoms with Crippen LogP contribution in [0.4, 0.5) is 0 Å². The number of carbonyl (C=O) groups is 1. The molecule has 20 heavy (non-hydrogen) atoms. The van der Waals surface area contributed by atoms with Gasteiger partial charge in [-0.15, -0.1) is 0 Å². The first kappa shape index (κ1) is 15.2. The van der Waals surface area contributed by atoms with Crippen LogP contribution in [0.5, 0.6) is 0 Å². The van der Waals surface area contributed by atoms with Crippen molar-refractivity contribution in [1.29, 1.82) is 0 Å². The second kappa shape index (κ2) is 5.33. The molecule has 1 aliphatic rings. The van der Waals surface area contributed by atoms with E-state index in [0.29, 0.717) is 10.6 Å². The maximum atomic E-state index is 12.4. The highest BCUT2D eigenvalue weighted by Crippen LogP contribution is 2.26. The topological polar surface area (TPSA) is 92.7 Å². The smallest absolute Gasteiger partial charge is 0.327 e. The molecule has 2 N–H and O–H groups in total. The summed E-state index contributed by atoms with van der Waals surface area (Å²) in [6.45, 7) is 1.57. The first-order chi connectivity index (χ1) is 9.28. The van der Waals surface area contributed by atoms with Crippen molar-refractivity contribution in [3.05, 3.63) is 28.8 Å². The molecule has 1 aliphatic heterocycles. The highest BCUT2D eigenvalue weighted by Gasteiger charge is 2.46. The second-order valence-electron chi connectivity index (χ2n) is 4.66. The molecule has 1 fully saturated rings. The third kappa shape index (κ3) is 2.67. The Labute approximate surface area is 121 Å². The molecule has 1 unspecified atom stereocenters. The zero-order valence-corrected chi connectivity index (χ0v) is 12.3. The van der Waals surface area contributed by atoms with Crippen molar-refractivity contribution < 1.29 is 23.1 Å². The summed E-state index contributed by atoms with van der Waals surface area (Å²) in [7, 11) is -4.00. The number of rotatable bonds is 4. The summed E-state index contributed by atoms with van der Waals surface area (Å²) in [5.41, 5.74) is -1.24. The zero-order chi connectivity index (χ0) is 15.0. The summed E-state index contributed by atoms with van der Waals surface area (Å²) in [5, 5.41) is 9.57. The average Bonchev–Trinajstić information content (AvgIpc) is 2.81. The van der Waals surface area contributed by atoms with Crippen LogP contribution in [0.25, 0.3) is 0 Å². The molecular formula is C12H14ClNO5S. The lowest BCUT2D eigenvalue weighted by Crippen LogP contribution is -2.55. The minimum Gasteiger partial charge on any atom is -0.480 e. The minimum absolute atomic E-state index is 0.0301. The number of hydrogen-bond donors (Lipinski definition) is 2. The lowest BCUT2D eigenvalue weighted by molar-refractivity contribution is -0.144. The fourth-order valence-electron chi connectivity index (χ4n) is 2.05. The molecule has 2 rings (SSSR count). The van der Waals surface area contributed by atoms with Gasteiger partial charge in [-0.3, -0.25) is 4.79 Å². The van der Waals surface area contributed by atoms with E-state index in [1.807, 2.05) is 0 Å². The number of halogens is 1. The third-order valence-electron chi connectivity index (χ3n) is 3.27. The van der Waals surface area contributed by atoms with Gasteiger partial charge in [-0.1, -0.05) is 17.7 Å². The predicted molar refractivity (Wildman–Crippen MR) is 72.3 cm³/mol. The van der Waals surface area contributed by atoms with Crippen molar-refractivity contribution in [3.63, 3.8) is 0 Å². The number of hydrogen-bond acceptors (Lipinski definition) is 4. The normalized spacial score (nSPS) is 22.9. The Morgan fingerprint density at radius 1 is 1.50 bits per heavy atom. The number of carboxylic acids is 1. The molecule has 0 spiro atoms. The number of nitrogens with one attached hydrogen (secondary N) is 1. The van der Waals surface area contributed by atoms with Gasteiger partial charge < -0.3 is 9.84 Å². The Bertz CT molecular complexity index is 637. The zero-order valence-electron chi connectivity index (χ0n) is 10.7. The van der Waals surface area contributed by atoms with Gasteiger partial charge >= 0.3 is 5.97 Å². The van der Waals surface area contributed by atoms with Crippen molar-refractivity contribution >= 4 is 27.6 Å². The van der Waals surface area contributed by atoms with Gasteiger partial charge in [0.15, 0.2) is 5.54 Å². The highest BCUT2D eigenvalue weighted by molar-refractivity contribution is 7.89. The SMILES string of the molecule is Cc1c(Cl)cccc1S(=O)(=O)NC1(C(=O)O)CCOC1. The molecule has 110 valence electrons. The van der Waals surface area contributed by atoms with Gasteiger partial charge in [0.1, 0.15) is 0 Å². The third-order valence-corrected chi connectivity index (χ3v) is 5.36. The van der Waals surface area contributed by atoms with Gasteiger partial charge in [0, 0.05) is 18.1 Å². The Balaban J connectivity index is 2.41. The fourth-order valence-corrected chi connectivity index (χ4v) is 3.92. The quantitative estimate of drug-likeness (QED) is 0.869. The van der Waals surface area contributed by atoms with Crippen LogP contribution in [0.1, 0.15) is 12.0 Å². The number of aliphatic carboxylic acids is 1. The number of benzene rings is 1. The van der Waals surface area contributed by atoms with Gasteiger partial charge in [-0.05, 0) is 24.6 Å². The molecule has 1 aromatic rings. The maximum Gasteiger partial charge on any atom is 0.327 e. The summed E-state index contributed by atoms with van der Waals surface area (Å²) in [6, 6.07) is 4.46. The number of sulfonamides is 1. The van der Waals surface area contributed by atoms with Crippen LogP contribution in [0.15, 0.2) is 23.1 Å². The molecule has 1 aromatic carbocycles. The summed E-state index contributed by atoms with van der Waals surface area (Å²) in [5.74, 6) is -1.25. The van der Waals surface area contributed by atoms with E-state index in [0.717, 1.165) is 0 Å². The molecule has 1 heterocycles. The molecule has 0 aromatic heterocycles. The monoisotopic (exact) mass is 319 g/mol. The number of ether oxygens (including phenoxy) is 1. The highest BCUT2D eigenvalue weighted by atomic mass is 35.5. The first-order valence-corrected chi connectivity index (χ1v) is 7.75. The largest absolute Gasteiger partial charge is 0.480 e. The molecule has 0 amide bonds. The average molecular weight is 320 g/mol. The van der Waals surface area contributed by atoms with Gasteiger partial charge in [-0.25, -0.2) is 8.42 Å². The van der Waals surface area contributed by atoms with Crippen molar-refractivity contribution in [2.45, 2.75) is 23.8 Å². The van der Waals surface area contributed by atoms with E-state index in [1.54, 1.807) is 13.0 Å². The summed E-state index contributed by atoms with van der Waals surface area (Å²) >= 11 is 5.90. The van der Waals surface area contributed by atoms with Crippen LogP contribution in [0.2, 0.25) is 5.02 Å². The standard InChI is InChI=1S/C12H14ClNO5S/c1-8-9(13)3-2-4-10(8)20(17,18)14-12(11(15)16)5-6-19-7-12/h2-4,14H,5-7H2,1H3,(H,15,16). The Hall–Kier alpha value is -1.15. The lowest BCUT2D eigenvalue weighted by Gasteiger charge is -2.24. The van der Waals surface area contributed by atoms with E-state index in [1.165, 1.54) is 12.1 Å². The lowest BCUT2D eigenvalue weighted by atomic mass is 10.0. The van der Waals surface area contributed by atoms with E-state index in [2.05, 4.69) is 4.72 Å². The molecule has 0 radical (unpaired) electrons.